The first-order valence-corrected chi connectivity index (χ1v) is 4.68. The van der Waals surface area contributed by atoms with Gasteiger partial charge in [0.15, 0.2) is 0 Å². The molecule has 0 heterocycles. The Morgan fingerprint density at radius 3 is 2.31 bits per heavy atom. The standard InChI is InChI=1S/C10H9Cl2O/c11-9-5-8(3-1-2-4-13)6-10(12)7-9/h1,3,5-7H,2,4H2. The van der Waals surface area contributed by atoms with E-state index in [0.717, 1.165) is 5.56 Å². The molecule has 1 radical (unpaired) electrons. The molecule has 0 aromatic heterocycles. The Morgan fingerprint density at radius 2 is 1.77 bits per heavy atom. The molecule has 1 aromatic carbocycles. The molecular weight excluding hydrogens is 207 g/mol. The fourth-order valence-electron chi connectivity index (χ4n) is 0.959. The molecule has 0 aliphatic carbocycles. The van der Waals surface area contributed by atoms with E-state index in [1.807, 2.05) is 12.2 Å². The summed E-state index contributed by atoms with van der Waals surface area (Å²) in [5.74, 6) is 0. The van der Waals surface area contributed by atoms with Gasteiger partial charge in [-0.15, -0.1) is 0 Å². The van der Waals surface area contributed by atoms with Gasteiger partial charge in [-0.25, -0.2) is 5.11 Å². The Balaban J connectivity index is 2.77. The highest BCUT2D eigenvalue weighted by Crippen LogP contribution is 2.19. The van der Waals surface area contributed by atoms with Crippen LogP contribution in [0, 0.1) is 0 Å². The van der Waals surface area contributed by atoms with E-state index in [9.17, 15) is 5.11 Å². The smallest absolute Gasteiger partial charge is 0.0856 e. The molecule has 1 nitrogen and oxygen atoms in total. The number of rotatable bonds is 3. The zero-order chi connectivity index (χ0) is 9.68. The third kappa shape index (κ3) is 3.81. The van der Waals surface area contributed by atoms with Crippen molar-refractivity contribution < 1.29 is 5.11 Å². The van der Waals surface area contributed by atoms with Crippen molar-refractivity contribution in [1.82, 2.24) is 0 Å². The molecule has 3 heteroatoms. The molecule has 0 saturated carbocycles. The average Bonchev–Trinajstić information content (AvgIpc) is 2.03. The lowest BCUT2D eigenvalue weighted by atomic mass is 10.2. The Kier molecular flexibility index (Phi) is 4.29. The largest absolute Gasteiger partial charge is 0.236 e. The van der Waals surface area contributed by atoms with Crippen LogP contribution in [0.2, 0.25) is 10.0 Å². The van der Waals surface area contributed by atoms with Crippen molar-refractivity contribution in [3.8, 4) is 0 Å². The van der Waals surface area contributed by atoms with E-state index < -0.39 is 0 Å². The molecular formula is C10H9Cl2O. The van der Waals surface area contributed by atoms with Crippen LogP contribution in [0.15, 0.2) is 24.3 Å². The van der Waals surface area contributed by atoms with Crippen molar-refractivity contribution in [2.75, 3.05) is 6.61 Å². The first kappa shape index (κ1) is 10.6. The maximum atomic E-state index is 10.2. The molecule has 69 valence electrons. The third-order valence-electron chi connectivity index (χ3n) is 1.48. The highest BCUT2D eigenvalue weighted by molar-refractivity contribution is 6.34. The van der Waals surface area contributed by atoms with Crippen LogP contribution in [0.25, 0.3) is 6.08 Å². The maximum absolute atomic E-state index is 10.2. The molecule has 13 heavy (non-hydrogen) atoms. The van der Waals surface area contributed by atoms with Crippen LogP contribution in [0.3, 0.4) is 0 Å². The maximum Gasteiger partial charge on any atom is 0.0856 e. The van der Waals surface area contributed by atoms with Crippen molar-refractivity contribution >= 4 is 29.3 Å². The van der Waals surface area contributed by atoms with Crippen LogP contribution in [0.1, 0.15) is 12.0 Å². The van der Waals surface area contributed by atoms with Gasteiger partial charge < -0.3 is 0 Å². The summed E-state index contributed by atoms with van der Waals surface area (Å²) in [4.78, 5) is 0. The SMILES string of the molecule is [O]CCC=Cc1cc(Cl)cc(Cl)c1. The van der Waals surface area contributed by atoms with Gasteiger partial charge in [0.25, 0.3) is 0 Å². The normalized spacial score (nSPS) is 11.0. The topological polar surface area (TPSA) is 19.9 Å². The lowest BCUT2D eigenvalue weighted by molar-refractivity contribution is 0.199. The first-order valence-electron chi connectivity index (χ1n) is 3.93. The molecule has 0 aliphatic heterocycles. The number of hydrogen-bond donors (Lipinski definition) is 0. The van der Waals surface area contributed by atoms with Gasteiger partial charge in [-0.2, -0.15) is 0 Å². The molecule has 0 spiro atoms. The molecule has 1 rings (SSSR count). The fourth-order valence-corrected chi connectivity index (χ4v) is 1.50. The zero-order valence-corrected chi connectivity index (χ0v) is 8.48. The summed E-state index contributed by atoms with van der Waals surface area (Å²) in [6.07, 6.45) is 4.19. The lowest BCUT2D eigenvalue weighted by Crippen LogP contribution is -1.76. The van der Waals surface area contributed by atoms with Crippen LogP contribution in [0.5, 0.6) is 0 Å². The van der Waals surface area contributed by atoms with Gasteiger partial charge in [0.1, 0.15) is 0 Å². The summed E-state index contributed by atoms with van der Waals surface area (Å²) in [6.45, 7) is -0.0925. The van der Waals surface area contributed by atoms with Crippen molar-refractivity contribution in [1.29, 1.82) is 0 Å². The van der Waals surface area contributed by atoms with Crippen molar-refractivity contribution in [3.05, 3.63) is 39.9 Å². The summed E-state index contributed by atoms with van der Waals surface area (Å²) in [5, 5.41) is 11.4. The van der Waals surface area contributed by atoms with Gasteiger partial charge >= 0.3 is 0 Å². The average molecular weight is 216 g/mol. The minimum Gasteiger partial charge on any atom is -0.236 e. The van der Waals surface area contributed by atoms with E-state index in [4.69, 9.17) is 23.2 Å². The van der Waals surface area contributed by atoms with Crippen molar-refractivity contribution in [3.63, 3.8) is 0 Å². The summed E-state index contributed by atoms with van der Waals surface area (Å²) in [7, 11) is 0. The number of hydrogen-bond acceptors (Lipinski definition) is 0. The Hall–Kier alpha value is -0.500. The van der Waals surface area contributed by atoms with E-state index in [-0.39, 0.29) is 6.61 Å². The molecule has 1 aromatic rings. The fraction of sp³-hybridized carbons (Fsp3) is 0.200. The van der Waals surface area contributed by atoms with Gasteiger partial charge in [-0.1, -0.05) is 35.4 Å². The van der Waals surface area contributed by atoms with E-state index in [0.29, 0.717) is 16.5 Å². The zero-order valence-electron chi connectivity index (χ0n) is 6.97. The molecule has 0 amide bonds. The van der Waals surface area contributed by atoms with Gasteiger partial charge in [-0.3, -0.25) is 0 Å². The molecule has 0 atom stereocenters. The van der Waals surface area contributed by atoms with Crippen LogP contribution >= 0.6 is 23.2 Å². The molecule has 0 aliphatic rings. The van der Waals surface area contributed by atoms with Crippen molar-refractivity contribution in [2.45, 2.75) is 6.42 Å². The highest BCUT2D eigenvalue weighted by Gasteiger charge is 1.93. The summed E-state index contributed by atoms with van der Waals surface area (Å²) in [6, 6.07) is 5.28. The second kappa shape index (κ2) is 5.28. The monoisotopic (exact) mass is 215 g/mol. The predicted octanol–water partition coefficient (Wildman–Crippen LogP) is 3.83. The first-order chi connectivity index (χ1) is 6.22. The summed E-state index contributed by atoms with van der Waals surface area (Å²) < 4.78 is 0. The van der Waals surface area contributed by atoms with Gasteiger partial charge in [0.05, 0.1) is 6.61 Å². The Bertz CT molecular complexity index is 288. The molecule has 0 unspecified atom stereocenters. The van der Waals surface area contributed by atoms with E-state index in [2.05, 4.69) is 0 Å². The van der Waals surface area contributed by atoms with E-state index in [1.54, 1.807) is 18.2 Å². The molecule has 0 fully saturated rings. The molecule has 0 saturated heterocycles. The van der Waals surface area contributed by atoms with E-state index >= 15 is 0 Å². The predicted molar refractivity (Wildman–Crippen MR) is 55.7 cm³/mol. The lowest BCUT2D eigenvalue weighted by Gasteiger charge is -1.96. The minimum absolute atomic E-state index is 0.0925. The number of halogens is 2. The molecule has 0 bridgehead atoms. The summed E-state index contributed by atoms with van der Waals surface area (Å²) >= 11 is 11.6. The van der Waals surface area contributed by atoms with Crippen LogP contribution in [-0.4, -0.2) is 6.61 Å². The Morgan fingerprint density at radius 1 is 1.15 bits per heavy atom. The Labute approximate surface area is 87.6 Å². The van der Waals surface area contributed by atoms with Crippen LogP contribution in [0.4, 0.5) is 0 Å². The van der Waals surface area contributed by atoms with Crippen LogP contribution in [-0.2, 0) is 5.11 Å². The van der Waals surface area contributed by atoms with Gasteiger partial charge in [-0.05, 0) is 30.2 Å². The van der Waals surface area contributed by atoms with E-state index in [1.165, 1.54) is 0 Å². The minimum atomic E-state index is -0.0925. The second-order valence-electron chi connectivity index (χ2n) is 2.60. The number of benzene rings is 1. The highest BCUT2D eigenvalue weighted by atomic mass is 35.5. The second-order valence-corrected chi connectivity index (χ2v) is 3.47. The molecule has 0 N–H and O–H groups in total. The third-order valence-corrected chi connectivity index (χ3v) is 1.92. The quantitative estimate of drug-likeness (QED) is 0.731. The van der Waals surface area contributed by atoms with Crippen LogP contribution < -0.4 is 0 Å². The van der Waals surface area contributed by atoms with Crippen molar-refractivity contribution in [2.24, 2.45) is 0 Å². The summed E-state index contributed by atoms with van der Waals surface area (Å²) in [5.41, 5.74) is 0.922. The van der Waals surface area contributed by atoms with Gasteiger partial charge in [0, 0.05) is 10.0 Å². The van der Waals surface area contributed by atoms with Gasteiger partial charge in [0.2, 0.25) is 0 Å².